The molecule has 102 valence electrons. The van der Waals surface area contributed by atoms with Crippen LogP contribution in [0, 0.1) is 11.3 Å². The van der Waals surface area contributed by atoms with Crippen molar-refractivity contribution < 1.29 is 9.47 Å². The highest BCUT2D eigenvalue weighted by molar-refractivity contribution is 5.44. The van der Waals surface area contributed by atoms with Crippen molar-refractivity contribution in [3.63, 3.8) is 0 Å². The Morgan fingerprint density at radius 3 is 2.75 bits per heavy atom. The van der Waals surface area contributed by atoms with E-state index in [-0.39, 0.29) is 6.10 Å². The number of nitrogens with two attached hydrogens (primary N) is 1. The van der Waals surface area contributed by atoms with E-state index < -0.39 is 0 Å². The molecule has 1 heterocycles. The number of rotatable bonds is 5. The highest BCUT2D eigenvalue weighted by Gasteiger charge is 2.13. The lowest BCUT2D eigenvalue weighted by atomic mass is 10.1. The molecular weight excluding hydrogens is 254 g/mol. The summed E-state index contributed by atoms with van der Waals surface area (Å²) in [5.41, 5.74) is 7.10. The molecule has 0 saturated carbocycles. The summed E-state index contributed by atoms with van der Waals surface area (Å²) in [6, 6.07) is 10.8. The van der Waals surface area contributed by atoms with Gasteiger partial charge < -0.3 is 15.2 Å². The van der Waals surface area contributed by atoms with Crippen molar-refractivity contribution >= 4 is 0 Å². The van der Waals surface area contributed by atoms with Crippen LogP contribution in [0.15, 0.2) is 42.7 Å². The number of nitriles is 1. The molecule has 0 fully saturated rings. The number of aromatic nitrogens is 1. The van der Waals surface area contributed by atoms with Crippen molar-refractivity contribution in [2.24, 2.45) is 5.73 Å². The third kappa shape index (κ3) is 3.25. The molecule has 1 unspecified atom stereocenters. The van der Waals surface area contributed by atoms with E-state index in [1.165, 1.54) is 0 Å². The number of pyridine rings is 1. The zero-order chi connectivity index (χ0) is 14.4. The third-order valence-electron chi connectivity index (χ3n) is 2.79. The second-order valence-corrected chi connectivity index (χ2v) is 4.14. The lowest BCUT2D eigenvalue weighted by Gasteiger charge is -2.18. The fourth-order valence-electron chi connectivity index (χ4n) is 1.81. The average Bonchev–Trinajstić information content (AvgIpc) is 2.53. The molecule has 2 N–H and O–H groups in total. The molecule has 0 aliphatic carbocycles. The van der Waals surface area contributed by atoms with Gasteiger partial charge in [-0.15, -0.1) is 0 Å². The summed E-state index contributed by atoms with van der Waals surface area (Å²) >= 11 is 0. The Morgan fingerprint density at radius 2 is 2.15 bits per heavy atom. The molecule has 20 heavy (non-hydrogen) atoms. The fourth-order valence-corrected chi connectivity index (χ4v) is 1.81. The van der Waals surface area contributed by atoms with E-state index in [0.717, 1.165) is 5.56 Å². The fraction of sp³-hybridized carbons (Fsp3) is 0.200. The van der Waals surface area contributed by atoms with Crippen molar-refractivity contribution in [1.82, 2.24) is 4.98 Å². The predicted octanol–water partition coefficient (Wildman–Crippen LogP) is 2.04. The predicted molar refractivity (Wildman–Crippen MR) is 74.4 cm³/mol. The summed E-state index contributed by atoms with van der Waals surface area (Å²) in [6.07, 6.45) is 3.08. The summed E-state index contributed by atoms with van der Waals surface area (Å²) in [6.45, 7) is 0.310. The molecule has 0 saturated heterocycles. The van der Waals surface area contributed by atoms with Crippen LogP contribution in [0.4, 0.5) is 0 Å². The average molecular weight is 269 g/mol. The molecule has 1 aromatic carbocycles. The van der Waals surface area contributed by atoms with Crippen LogP contribution in [0.25, 0.3) is 0 Å². The molecule has 2 aromatic rings. The first-order valence-electron chi connectivity index (χ1n) is 6.12. The minimum Gasteiger partial charge on any atom is -0.497 e. The maximum Gasteiger partial charge on any atom is 0.137 e. The van der Waals surface area contributed by atoms with Crippen LogP contribution in [0.2, 0.25) is 0 Å². The molecule has 1 atom stereocenters. The zero-order valence-corrected chi connectivity index (χ0v) is 11.1. The third-order valence-corrected chi connectivity index (χ3v) is 2.79. The molecule has 0 radical (unpaired) electrons. The normalized spacial score (nSPS) is 11.4. The lowest BCUT2D eigenvalue weighted by molar-refractivity contribution is 0.213. The van der Waals surface area contributed by atoms with Crippen molar-refractivity contribution in [3.8, 4) is 17.6 Å². The van der Waals surface area contributed by atoms with E-state index in [0.29, 0.717) is 23.6 Å². The molecule has 2 rings (SSSR count). The van der Waals surface area contributed by atoms with Crippen molar-refractivity contribution in [2.45, 2.75) is 6.10 Å². The van der Waals surface area contributed by atoms with Gasteiger partial charge in [-0.25, -0.2) is 0 Å². The highest BCUT2D eigenvalue weighted by atomic mass is 16.5. The van der Waals surface area contributed by atoms with E-state index >= 15 is 0 Å². The summed E-state index contributed by atoms with van der Waals surface area (Å²) in [4.78, 5) is 4.05. The van der Waals surface area contributed by atoms with Crippen LogP contribution >= 0.6 is 0 Å². The van der Waals surface area contributed by atoms with E-state index in [9.17, 15) is 0 Å². The van der Waals surface area contributed by atoms with Gasteiger partial charge in [-0.2, -0.15) is 5.26 Å². The van der Waals surface area contributed by atoms with Crippen LogP contribution in [0.1, 0.15) is 17.2 Å². The van der Waals surface area contributed by atoms with E-state index in [1.54, 1.807) is 37.7 Å². The summed E-state index contributed by atoms with van der Waals surface area (Å²) in [5.74, 6) is 1.11. The summed E-state index contributed by atoms with van der Waals surface area (Å²) in [7, 11) is 1.54. The smallest absolute Gasteiger partial charge is 0.137 e. The molecular formula is C15H15N3O2. The number of nitrogens with zero attached hydrogens (tertiary/aromatic N) is 2. The molecule has 0 aliphatic rings. The second-order valence-electron chi connectivity index (χ2n) is 4.14. The van der Waals surface area contributed by atoms with Crippen molar-refractivity contribution in [3.05, 3.63) is 53.9 Å². The van der Waals surface area contributed by atoms with Gasteiger partial charge in [0.25, 0.3) is 0 Å². The van der Waals surface area contributed by atoms with Crippen LogP contribution in [0.5, 0.6) is 11.5 Å². The van der Waals surface area contributed by atoms with E-state index in [4.69, 9.17) is 20.5 Å². The number of hydrogen-bond acceptors (Lipinski definition) is 5. The molecule has 5 heteroatoms. The first-order valence-corrected chi connectivity index (χ1v) is 6.12. The highest BCUT2D eigenvalue weighted by Crippen LogP contribution is 2.26. The van der Waals surface area contributed by atoms with Gasteiger partial charge in [-0.1, -0.05) is 6.07 Å². The zero-order valence-electron chi connectivity index (χ0n) is 11.1. The molecule has 0 aliphatic heterocycles. The Kier molecular flexibility index (Phi) is 4.53. The van der Waals surface area contributed by atoms with Gasteiger partial charge in [-0.05, 0) is 18.2 Å². The second kappa shape index (κ2) is 6.55. The van der Waals surface area contributed by atoms with Crippen molar-refractivity contribution in [1.29, 1.82) is 5.26 Å². The Balaban J connectivity index is 2.26. The number of ether oxygens (including phenoxy) is 2. The van der Waals surface area contributed by atoms with Crippen LogP contribution < -0.4 is 15.2 Å². The van der Waals surface area contributed by atoms with Crippen LogP contribution in [-0.2, 0) is 0 Å². The summed E-state index contributed by atoms with van der Waals surface area (Å²) in [5, 5.41) is 8.99. The van der Waals surface area contributed by atoms with Gasteiger partial charge in [-0.3, -0.25) is 4.98 Å². The SMILES string of the molecule is COc1cc(C#N)cc(OC(CN)c2cccnc2)c1. The minimum atomic E-state index is -0.317. The maximum absolute atomic E-state index is 8.99. The Hall–Kier alpha value is -2.58. The number of hydrogen-bond donors (Lipinski definition) is 1. The minimum absolute atomic E-state index is 0.310. The monoisotopic (exact) mass is 269 g/mol. The topological polar surface area (TPSA) is 81.2 Å². The van der Waals surface area contributed by atoms with Gasteiger partial charge in [0, 0.05) is 30.6 Å². The maximum atomic E-state index is 8.99. The Labute approximate surface area is 117 Å². The standard InChI is InChI=1S/C15H15N3O2/c1-19-13-5-11(8-16)6-14(7-13)20-15(9-17)12-3-2-4-18-10-12/h2-7,10,15H,9,17H2,1H3. The molecule has 0 amide bonds. The number of methoxy groups -OCH3 is 1. The largest absolute Gasteiger partial charge is 0.497 e. The van der Waals surface area contributed by atoms with Crippen LogP contribution in [0.3, 0.4) is 0 Å². The van der Waals surface area contributed by atoms with E-state index in [2.05, 4.69) is 11.1 Å². The van der Waals surface area contributed by atoms with Crippen LogP contribution in [-0.4, -0.2) is 18.6 Å². The lowest BCUT2D eigenvalue weighted by Crippen LogP contribution is -2.18. The first kappa shape index (κ1) is 13.8. The molecule has 0 spiro atoms. The van der Waals surface area contributed by atoms with Gasteiger partial charge in [0.2, 0.25) is 0 Å². The summed E-state index contributed by atoms with van der Waals surface area (Å²) < 4.78 is 11.0. The Morgan fingerprint density at radius 1 is 1.35 bits per heavy atom. The van der Waals surface area contributed by atoms with Crippen molar-refractivity contribution in [2.75, 3.05) is 13.7 Å². The quantitative estimate of drug-likeness (QED) is 0.898. The molecule has 0 bridgehead atoms. The van der Waals surface area contributed by atoms with Gasteiger partial charge in [0.05, 0.1) is 18.7 Å². The van der Waals surface area contributed by atoms with E-state index in [1.807, 2.05) is 12.1 Å². The first-order chi connectivity index (χ1) is 9.76. The number of benzene rings is 1. The van der Waals surface area contributed by atoms with Gasteiger partial charge in [0.15, 0.2) is 0 Å². The van der Waals surface area contributed by atoms with Gasteiger partial charge in [0.1, 0.15) is 17.6 Å². The van der Waals surface area contributed by atoms with Gasteiger partial charge >= 0.3 is 0 Å². The molecule has 1 aromatic heterocycles. The molecule has 5 nitrogen and oxygen atoms in total. The Bertz CT molecular complexity index is 608.